The van der Waals surface area contributed by atoms with Gasteiger partial charge in [-0.3, -0.25) is 0 Å². The van der Waals surface area contributed by atoms with E-state index in [4.69, 9.17) is 5.26 Å². The normalized spacial score (nSPS) is 12.1. The second-order valence-electron chi connectivity index (χ2n) is 4.10. The third kappa shape index (κ3) is 4.04. The number of benzene rings is 1. The highest BCUT2D eigenvalue weighted by molar-refractivity contribution is 5.33. The van der Waals surface area contributed by atoms with Crippen LogP contribution in [0.1, 0.15) is 56.3 Å². The van der Waals surface area contributed by atoms with E-state index < -0.39 is 6.10 Å². The van der Waals surface area contributed by atoms with Gasteiger partial charge >= 0.3 is 0 Å². The number of hydrogen-bond donors (Lipinski definition) is 1. The standard InChI is InChI=1S/C14H19NO/c1-2-3-4-5-9-14(16)13-8-6-7-12(10-13)11-15/h6-8,10,14,16H,2-5,9H2,1H3. The molecule has 0 heterocycles. The van der Waals surface area contributed by atoms with Gasteiger partial charge in [-0.05, 0) is 24.1 Å². The lowest BCUT2D eigenvalue weighted by Gasteiger charge is -2.10. The maximum atomic E-state index is 9.93. The molecule has 0 amide bonds. The van der Waals surface area contributed by atoms with Gasteiger partial charge < -0.3 is 5.11 Å². The molecule has 1 N–H and O–H groups in total. The molecule has 0 aromatic heterocycles. The first-order valence-corrected chi connectivity index (χ1v) is 5.96. The first kappa shape index (κ1) is 12.7. The Morgan fingerprint density at radius 3 is 2.81 bits per heavy atom. The monoisotopic (exact) mass is 217 g/mol. The maximum absolute atomic E-state index is 9.93. The van der Waals surface area contributed by atoms with Gasteiger partial charge in [0.05, 0.1) is 17.7 Å². The zero-order chi connectivity index (χ0) is 11.8. The molecule has 0 bridgehead atoms. The summed E-state index contributed by atoms with van der Waals surface area (Å²) in [5.41, 5.74) is 1.47. The van der Waals surface area contributed by atoms with Crippen molar-refractivity contribution in [2.24, 2.45) is 0 Å². The van der Waals surface area contributed by atoms with Gasteiger partial charge in [-0.2, -0.15) is 5.26 Å². The number of nitrogens with zero attached hydrogens (tertiary/aromatic N) is 1. The van der Waals surface area contributed by atoms with Crippen LogP contribution in [-0.4, -0.2) is 5.11 Å². The molecule has 0 fully saturated rings. The first-order chi connectivity index (χ1) is 7.77. The number of hydrogen-bond acceptors (Lipinski definition) is 2. The van der Waals surface area contributed by atoms with Gasteiger partial charge in [-0.15, -0.1) is 0 Å². The van der Waals surface area contributed by atoms with E-state index in [0.29, 0.717) is 5.56 Å². The minimum atomic E-state index is -0.426. The molecule has 0 aliphatic heterocycles. The van der Waals surface area contributed by atoms with E-state index in [1.807, 2.05) is 12.1 Å². The first-order valence-electron chi connectivity index (χ1n) is 5.96. The highest BCUT2D eigenvalue weighted by Crippen LogP contribution is 2.20. The Kier molecular flexibility index (Phi) is 5.60. The fourth-order valence-electron chi connectivity index (χ4n) is 1.75. The van der Waals surface area contributed by atoms with E-state index >= 15 is 0 Å². The molecule has 16 heavy (non-hydrogen) atoms. The molecule has 0 radical (unpaired) electrons. The minimum absolute atomic E-state index is 0.426. The van der Waals surface area contributed by atoms with Crippen molar-refractivity contribution < 1.29 is 5.11 Å². The topological polar surface area (TPSA) is 44.0 Å². The molecule has 1 rings (SSSR count). The number of rotatable bonds is 6. The lowest BCUT2D eigenvalue weighted by atomic mass is 10.0. The molecule has 2 nitrogen and oxygen atoms in total. The Balaban J connectivity index is 2.46. The molecule has 0 saturated heterocycles. The number of unbranched alkanes of at least 4 members (excludes halogenated alkanes) is 3. The van der Waals surface area contributed by atoms with Crippen LogP contribution >= 0.6 is 0 Å². The Morgan fingerprint density at radius 1 is 1.31 bits per heavy atom. The van der Waals surface area contributed by atoms with Crippen LogP contribution in [0.15, 0.2) is 24.3 Å². The lowest BCUT2D eigenvalue weighted by Crippen LogP contribution is -1.97. The smallest absolute Gasteiger partial charge is 0.0991 e. The number of aliphatic hydroxyl groups excluding tert-OH is 1. The molecule has 0 spiro atoms. The van der Waals surface area contributed by atoms with Crippen molar-refractivity contribution in [3.05, 3.63) is 35.4 Å². The number of nitriles is 1. The SMILES string of the molecule is CCCCCCC(O)c1cccc(C#N)c1. The van der Waals surface area contributed by atoms with Gasteiger partial charge in [-0.25, -0.2) is 0 Å². The summed E-state index contributed by atoms with van der Waals surface area (Å²) in [5, 5.41) is 18.7. The molecule has 0 saturated carbocycles. The summed E-state index contributed by atoms with van der Waals surface area (Å²) in [6.07, 6.45) is 5.02. The van der Waals surface area contributed by atoms with E-state index in [2.05, 4.69) is 13.0 Å². The maximum Gasteiger partial charge on any atom is 0.0991 e. The Morgan fingerprint density at radius 2 is 2.12 bits per heavy atom. The van der Waals surface area contributed by atoms with Crippen molar-refractivity contribution in [3.8, 4) is 6.07 Å². The van der Waals surface area contributed by atoms with Gasteiger partial charge in [0.15, 0.2) is 0 Å². The zero-order valence-corrected chi connectivity index (χ0v) is 9.82. The highest BCUT2D eigenvalue weighted by atomic mass is 16.3. The molecular weight excluding hydrogens is 198 g/mol. The van der Waals surface area contributed by atoms with Crippen LogP contribution in [0.25, 0.3) is 0 Å². The van der Waals surface area contributed by atoms with Crippen LogP contribution in [0.3, 0.4) is 0 Å². The molecular formula is C14H19NO. The van der Waals surface area contributed by atoms with Gasteiger partial charge in [0.1, 0.15) is 0 Å². The van der Waals surface area contributed by atoms with E-state index in [0.717, 1.165) is 18.4 Å². The van der Waals surface area contributed by atoms with Gasteiger partial charge in [0, 0.05) is 0 Å². The summed E-state index contributed by atoms with van der Waals surface area (Å²) < 4.78 is 0. The fraction of sp³-hybridized carbons (Fsp3) is 0.500. The Labute approximate surface area is 97.5 Å². The number of aliphatic hydroxyl groups is 1. The van der Waals surface area contributed by atoms with Crippen LogP contribution < -0.4 is 0 Å². The molecule has 1 aromatic rings. The third-order valence-electron chi connectivity index (χ3n) is 2.73. The van der Waals surface area contributed by atoms with E-state index in [-0.39, 0.29) is 0 Å². The summed E-state index contributed by atoms with van der Waals surface area (Å²) in [7, 11) is 0. The van der Waals surface area contributed by atoms with Gasteiger partial charge in [0.2, 0.25) is 0 Å². The molecule has 1 unspecified atom stereocenters. The summed E-state index contributed by atoms with van der Waals surface area (Å²) in [5.74, 6) is 0. The largest absolute Gasteiger partial charge is 0.388 e. The zero-order valence-electron chi connectivity index (χ0n) is 9.82. The Bertz CT molecular complexity index is 354. The summed E-state index contributed by atoms with van der Waals surface area (Å²) >= 11 is 0. The van der Waals surface area contributed by atoms with Crippen molar-refractivity contribution in [2.45, 2.75) is 45.1 Å². The minimum Gasteiger partial charge on any atom is -0.388 e. The van der Waals surface area contributed by atoms with Gasteiger partial charge in [0.25, 0.3) is 0 Å². The molecule has 2 heteroatoms. The molecule has 86 valence electrons. The van der Waals surface area contributed by atoms with Crippen molar-refractivity contribution >= 4 is 0 Å². The molecule has 0 aliphatic rings. The highest BCUT2D eigenvalue weighted by Gasteiger charge is 2.07. The van der Waals surface area contributed by atoms with E-state index in [1.54, 1.807) is 12.1 Å². The molecule has 1 atom stereocenters. The van der Waals surface area contributed by atoms with Crippen molar-refractivity contribution in [1.29, 1.82) is 5.26 Å². The van der Waals surface area contributed by atoms with Crippen LogP contribution in [0.2, 0.25) is 0 Å². The van der Waals surface area contributed by atoms with Crippen molar-refractivity contribution in [3.63, 3.8) is 0 Å². The Hall–Kier alpha value is -1.33. The summed E-state index contributed by atoms with van der Waals surface area (Å²) in [4.78, 5) is 0. The molecule has 1 aromatic carbocycles. The third-order valence-corrected chi connectivity index (χ3v) is 2.73. The summed E-state index contributed by atoms with van der Waals surface area (Å²) in [6, 6.07) is 9.32. The average Bonchev–Trinajstić information content (AvgIpc) is 2.34. The second-order valence-corrected chi connectivity index (χ2v) is 4.10. The second kappa shape index (κ2) is 7.03. The van der Waals surface area contributed by atoms with Crippen LogP contribution in [0.5, 0.6) is 0 Å². The van der Waals surface area contributed by atoms with Crippen LogP contribution in [-0.2, 0) is 0 Å². The predicted molar refractivity (Wildman–Crippen MR) is 64.9 cm³/mol. The van der Waals surface area contributed by atoms with E-state index in [1.165, 1.54) is 19.3 Å². The molecule has 0 aliphatic carbocycles. The van der Waals surface area contributed by atoms with E-state index in [9.17, 15) is 5.11 Å². The van der Waals surface area contributed by atoms with Crippen LogP contribution in [0, 0.1) is 11.3 Å². The van der Waals surface area contributed by atoms with Crippen molar-refractivity contribution in [1.82, 2.24) is 0 Å². The summed E-state index contributed by atoms with van der Waals surface area (Å²) in [6.45, 7) is 2.17. The quantitative estimate of drug-likeness (QED) is 0.740. The van der Waals surface area contributed by atoms with Gasteiger partial charge in [-0.1, -0.05) is 44.7 Å². The fourth-order valence-corrected chi connectivity index (χ4v) is 1.75. The predicted octanol–water partition coefficient (Wildman–Crippen LogP) is 3.56. The van der Waals surface area contributed by atoms with Crippen molar-refractivity contribution in [2.75, 3.05) is 0 Å². The lowest BCUT2D eigenvalue weighted by molar-refractivity contribution is 0.163. The average molecular weight is 217 g/mol. The van der Waals surface area contributed by atoms with Crippen LogP contribution in [0.4, 0.5) is 0 Å².